The first-order chi connectivity index (χ1) is 12.0. The quantitative estimate of drug-likeness (QED) is 0.868. The van der Waals surface area contributed by atoms with Crippen LogP contribution in [0.5, 0.6) is 0 Å². The summed E-state index contributed by atoms with van der Waals surface area (Å²) in [6.07, 6.45) is 1.47. The zero-order valence-electron chi connectivity index (χ0n) is 14.1. The van der Waals surface area contributed by atoms with Gasteiger partial charge in [-0.05, 0) is 38.1 Å². The molecule has 1 aliphatic heterocycles. The van der Waals surface area contributed by atoms with Gasteiger partial charge < -0.3 is 20.7 Å². The summed E-state index contributed by atoms with van der Waals surface area (Å²) in [6.45, 7) is 5.04. The molecule has 3 N–H and O–H groups in total. The average molecular weight is 340 g/mol. The number of rotatable bonds is 2. The number of urea groups is 1. The van der Waals surface area contributed by atoms with Crippen molar-refractivity contribution in [3.8, 4) is 11.8 Å². The molecule has 1 aromatic carbocycles. The lowest BCUT2D eigenvalue weighted by Gasteiger charge is -2.35. The summed E-state index contributed by atoms with van der Waals surface area (Å²) in [5, 5.41) is 15.9. The minimum absolute atomic E-state index is 0.0222. The zero-order chi connectivity index (χ0) is 18.0. The lowest BCUT2D eigenvalue weighted by atomic mass is 10.2. The third-order valence-electron chi connectivity index (χ3n) is 4.00. The molecule has 8 nitrogen and oxygen atoms in total. The first-order valence-corrected chi connectivity index (χ1v) is 8.03. The molecule has 0 unspecified atom stereocenters. The van der Waals surface area contributed by atoms with E-state index in [0.717, 1.165) is 0 Å². The number of nitriles is 1. The SMILES string of the molecule is C[C@H]1CN(C(=O)Nc2ccc(-n3ncc(C#N)c3N)cc2)C[C@H](C)O1. The number of nitrogens with one attached hydrogen (secondary N) is 1. The van der Waals surface area contributed by atoms with Crippen LogP contribution in [-0.4, -0.2) is 46.0 Å². The van der Waals surface area contributed by atoms with Crippen molar-refractivity contribution in [1.29, 1.82) is 5.26 Å². The Kier molecular flexibility index (Phi) is 4.59. The molecule has 0 aliphatic carbocycles. The number of anilines is 2. The molecule has 0 spiro atoms. The molecule has 25 heavy (non-hydrogen) atoms. The monoisotopic (exact) mass is 340 g/mol. The summed E-state index contributed by atoms with van der Waals surface area (Å²) in [7, 11) is 0. The number of hydrogen-bond donors (Lipinski definition) is 2. The van der Waals surface area contributed by atoms with Gasteiger partial charge in [0.05, 0.1) is 24.1 Å². The van der Waals surface area contributed by atoms with Crippen molar-refractivity contribution in [2.24, 2.45) is 0 Å². The number of hydrogen-bond acceptors (Lipinski definition) is 5. The number of carbonyl (C=O) groups is 1. The van der Waals surface area contributed by atoms with Gasteiger partial charge in [0, 0.05) is 18.8 Å². The summed E-state index contributed by atoms with van der Waals surface area (Å²) in [4.78, 5) is 14.1. The van der Waals surface area contributed by atoms with Crippen LogP contribution in [0, 0.1) is 11.3 Å². The summed E-state index contributed by atoms with van der Waals surface area (Å²) >= 11 is 0. The Morgan fingerprint density at radius 2 is 1.96 bits per heavy atom. The van der Waals surface area contributed by atoms with Crippen molar-refractivity contribution in [3.05, 3.63) is 36.0 Å². The van der Waals surface area contributed by atoms with Crippen molar-refractivity contribution in [2.75, 3.05) is 24.1 Å². The predicted molar refractivity (Wildman–Crippen MR) is 93.3 cm³/mol. The van der Waals surface area contributed by atoms with E-state index in [0.29, 0.717) is 30.0 Å². The fourth-order valence-corrected chi connectivity index (χ4v) is 2.88. The van der Waals surface area contributed by atoms with Crippen molar-refractivity contribution < 1.29 is 9.53 Å². The Bertz CT molecular complexity index is 798. The highest BCUT2D eigenvalue weighted by atomic mass is 16.5. The maximum Gasteiger partial charge on any atom is 0.322 e. The Morgan fingerprint density at radius 3 is 2.52 bits per heavy atom. The van der Waals surface area contributed by atoms with Crippen molar-refractivity contribution >= 4 is 17.5 Å². The number of nitrogens with two attached hydrogens (primary N) is 1. The lowest BCUT2D eigenvalue weighted by Crippen LogP contribution is -2.49. The smallest absolute Gasteiger partial charge is 0.322 e. The van der Waals surface area contributed by atoms with Gasteiger partial charge in [-0.1, -0.05) is 0 Å². The number of nitrogen functional groups attached to an aromatic ring is 1. The molecule has 2 aromatic rings. The van der Waals surface area contributed by atoms with Gasteiger partial charge in [-0.2, -0.15) is 10.4 Å². The molecule has 0 radical (unpaired) electrons. The minimum Gasteiger partial charge on any atom is -0.382 e. The van der Waals surface area contributed by atoms with Crippen LogP contribution in [0.2, 0.25) is 0 Å². The molecule has 8 heteroatoms. The van der Waals surface area contributed by atoms with Crippen molar-refractivity contribution in [1.82, 2.24) is 14.7 Å². The standard InChI is InChI=1S/C17H20N6O2/c1-11-9-22(10-12(2)25-11)17(24)21-14-3-5-15(6-4-14)23-16(19)13(7-18)8-20-23/h3-6,8,11-12H,9-10,19H2,1-2H3,(H,21,24)/t11-,12-/m0/s1. The topological polar surface area (TPSA) is 109 Å². The van der Waals surface area contributed by atoms with Gasteiger partial charge in [-0.15, -0.1) is 0 Å². The summed E-state index contributed by atoms with van der Waals surface area (Å²) in [6, 6.07) is 8.94. The van der Waals surface area contributed by atoms with Gasteiger partial charge in [0.2, 0.25) is 0 Å². The Balaban J connectivity index is 1.69. The predicted octanol–water partition coefficient (Wildman–Crippen LogP) is 1.97. The van der Waals surface area contributed by atoms with E-state index in [1.807, 2.05) is 19.9 Å². The molecular formula is C17H20N6O2. The van der Waals surface area contributed by atoms with Crippen molar-refractivity contribution in [2.45, 2.75) is 26.1 Å². The van der Waals surface area contributed by atoms with E-state index in [-0.39, 0.29) is 24.1 Å². The molecule has 0 saturated carbocycles. The first-order valence-electron chi connectivity index (χ1n) is 8.03. The fourth-order valence-electron chi connectivity index (χ4n) is 2.88. The zero-order valence-corrected chi connectivity index (χ0v) is 14.1. The number of amides is 2. The Labute approximate surface area is 145 Å². The normalized spacial score (nSPS) is 20.1. The van der Waals surface area contributed by atoms with Gasteiger partial charge in [-0.3, -0.25) is 0 Å². The third-order valence-corrected chi connectivity index (χ3v) is 4.00. The lowest BCUT2D eigenvalue weighted by molar-refractivity contribution is -0.0530. The average Bonchev–Trinajstić information content (AvgIpc) is 2.95. The van der Waals surface area contributed by atoms with Crippen LogP contribution < -0.4 is 11.1 Å². The Hall–Kier alpha value is -3.05. The van der Waals surface area contributed by atoms with E-state index >= 15 is 0 Å². The van der Waals surface area contributed by atoms with Crippen LogP contribution in [0.25, 0.3) is 5.69 Å². The molecule has 0 bridgehead atoms. The fraction of sp³-hybridized carbons (Fsp3) is 0.353. The van der Waals surface area contributed by atoms with Crippen LogP contribution in [0.15, 0.2) is 30.5 Å². The maximum atomic E-state index is 12.4. The second kappa shape index (κ2) is 6.83. The van der Waals surface area contributed by atoms with E-state index in [1.165, 1.54) is 10.9 Å². The number of nitrogens with zero attached hydrogens (tertiary/aromatic N) is 4. The molecule has 2 heterocycles. The van der Waals surface area contributed by atoms with E-state index in [1.54, 1.807) is 29.2 Å². The second-order valence-corrected chi connectivity index (χ2v) is 6.11. The molecule has 2 amide bonds. The maximum absolute atomic E-state index is 12.4. The van der Waals surface area contributed by atoms with E-state index in [2.05, 4.69) is 10.4 Å². The van der Waals surface area contributed by atoms with Gasteiger partial charge >= 0.3 is 6.03 Å². The largest absolute Gasteiger partial charge is 0.382 e. The summed E-state index contributed by atoms with van der Waals surface area (Å²) < 4.78 is 7.12. The van der Waals surface area contributed by atoms with Crippen LogP contribution in [0.4, 0.5) is 16.3 Å². The van der Waals surface area contributed by atoms with Gasteiger partial charge in [0.1, 0.15) is 17.5 Å². The summed E-state index contributed by atoms with van der Waals surface area (Å²) in [5.41, 5.74) is 7.59. The van der Waals surface area contributed by atoms with Crippen LogP contribution in [-0.2, 0) is 4.74 Å². The Morgan fingerprint density at radius 1 is 1.32 bits per heavy atom. The number of carbonyl (C=O) groups excluding carboxylic acids is 1. The highest BCUT2D eigenvalue weighted by Crippen LogP contribution is 2.19. The highest BCUT2D eigenvalue weighted by molar-refractivity contribution is 5.89. The third kappa shape index (κ3) is 3.56. The number of morpholine rings is 1. The molecule has 1 saturated heterocycles. The van der Waals surface area contributed by atoms with Gasteiger partial charge in [-0.25, -0.2) is 9.48 Å². The second-order valence-electron chi connectivity index (χ2n) is 6.11. The van der Waals surface area contributed by atoms with Crippen LogP contribution >= 0.6 is 0 Å². The number of aromatic nitrogens is 2. The summed E-state index contributed by atoms with van der Waals surface area (Å²) in [5.74, 6) is 0.288. The molecule has 130 valence electrons. The molecule has 1 fully saturated rings. The highest BCUT2D eigenvalue weighted by Gasteiger charge is 2.25. The molecule has 2 atom stereocenters. The van der Waals surface area contributed by atoms with E-state index < -0.39 is 0 Å². The molecule has 3 rings (SSSR count). The molecular weight excluding hydrogens is 320 g/mol. The van der Waals surface area contributed by atoms with Crippen LogP contribution in [0.3, 0.4) is 0 Å². The van der Waals surface area contributed by atoms with E-state index in [4.69, 9.17) is 15.7 Å². The van der Waals surface area contributed by atoms with Crippen LogP contribution in [0.1, 0.15) is 19.4 Å². The number of benzene rings is 1. The molecule has 1 aromatic heterocycles. The molecule has 1 aliphatic rings. The first kappa shape index (κ1) is 16.8. The van der Waals surface area contributed by atoms with Gasteiger partial charge in [0.25, 0.3) is 0 Å². The van der Waals surface area contributed by atoms with E-state index in [9.17, 15) is 4.79 Å². The van der Waals surface area contributed by atoms with Gasteiger partial charge in [0.15, 0.2) is 0 Å². The minimum atomic E-state index is -0.153. The van der Waals surface area contributed by atoms with Crippen molar-refractivity contribution in [3.63, 3.8) is 0 Å². The number of ether oxygens (including phenoxy) is 1.